The second kappa shape index (κ2) is 4.55. The molecule has 84 valence electrons. The van der Waals surface area contributed by atoms with E-state index in [-0.39, 0.29) is 10.0 Å². The summed E-state index contributed by atoms with van der Waals surface area (Å²) in [6.45, 7) is 0. The summed E-state index contributed by atoms with van der Waals surface area (Å²) in [4.78, 5) is 2.87. The minimum Gasteiger partial charge on any atom is -0.176 e. The number of rotatable bonds is 2. The maximum Gasteiger partial charge on any atom is 0.422 e. The van der Waals surface area contributed by atoms with E-state index in [1.807, 2.05) is 0 Å². The topological polar surface area (TPSA) is 9.23 Å². The smallest absolute Gasteiger partial charge is 0.176 e. The molecule has 0 aliphatic carbocycles. The van der Waals surface area contributed by atoms with Gasteiger partial charge in [0.25, 0.3) is 0 Å². The fourth-order valence-electron chi connectivity index (χ4n) is 0.989. The van der Waals surface area contributed by atoms with Crippen LogP contribution in [0, 0.1) is 0 Å². The summed E-state index contributed by atoms with van der Waals surface area (Å²) in [5, 5.41) is -0.147. The van der Waals surface area contributed by atoms with Gasteiger partial charge in [0.1, 0.15) is 0 Å². The molecule has 0 aliphatic heterocycles. The molecule has 0 heterocycles. The highest BCUT2D eigenvalue weighted by Crippen LogP contribution is 2.39. The van der Waals surface area contributed by atoms with Crippen molar-refractivity contribution in [2.75, 3.05) is 0 Å². The van der Waals surface area contributed by atoms with Crippen molar-refractivity contribution in [3.8, 4) is 0 Å². The maximum atomic E-state index is 12.2. The van der Waals surface area contributed by atoms with E-state index in [1.165, 1.54) is 6.07 Å². The lowest BCUT2D eigenvalue weighted by Gasteiger charge is -2.17. The summed E-state index contributed by atoms with van der Waals surface area (Å²) in [5.41, 5.74) is -0.518. The van der Waals surface area contributed by atoms with E-state index in [4.69, 9.17) is 23.2 Å². The quantitative estimate of drug-likeness (QED) is 0.714. The van der Waals surface area contributed by atoms with Gasteiger partial charge in [-0.05, 0) is 16.7 Å². The van der Waals surface area contributed by atoms with Crippen molar-refractivity contribution in [3.63, 3.8) is 0 Å². The van der Waals surface area contributed by atoms with Gasteiger partial charge >= 0.3 is 6.18 Å². The van der Waals surface area contributed by atoms with E-state index in [1.54, 1.807) is 0 Å². The van der Waals surface area contributed by atoms with Crippen LogP contribution in [0.5, 0.6) is 0 Å². The molecule has 0 bridgehead atoms. The lowest BCUT2D eigenvalue weighted by molar-refractivity contribution is -0.299. The normalized spacial score (nSPS) is 14.0. The van der Waals surface area contributed by atoms with E-state index in [2.05, 4.69) is 4.94 Å². The van der Waals surface area contributed by atoms with E-state index >= 15 is 0 Å². The van der Waals surface area contributed by atoms with Gasteiger partial charge in [-0.2, -0.15) is 18.1 Å². The van der Waals surface area contributed by atoms with Crippen LogP contribution < -0.4 is 0 Å². The van der Waals surface area contributed by atoms with Gasteiger partial charge in [0.2, 0.25) is 6.10 Å². The SMILES string of the molecule is FOC(c1ccc(Cl)cc1Cl)C(F)(F)F. The highest BCUT2D eigenvalue weighted by molar-refractivity contribution is 6.35. The molecule has 7 heteroatoms. The van der Waals surface area contributed by atoms with Crippen LogP contribution in [0.15, 0.2) is 18.2 Å². The van der Waals surface area contributed by atoms with Crippen molar-refractivity contribution in [2.45, 2.75) is 12.3 Å². The van der Waals surface area contributed by atoms with Gasteiger partial charge in [-0.25, -0.2) is 0 Å². The Morgan fingerprint density at radius 2 is 1.80 bits per heavy atom. The van der Waals surface area contributed by atoms with Crippen LogP contribution in [-0.2, 0) is 4.94 Å². The molecule has 0 N–H and O–H groups in total. The van der Waals surface area contributed by atoms with Crippen LogP contribution in [0.25, 0.3) is 0 Å². The van der Waals surface area contributed by atoms with Gasteiger partial charge in [0, 0.05) is 15.6 Å². The van der Waals surface area contributed by atoms with E-state index < -0.39 is 17.8 Å². The summed E-state index contributed by atoms with van der Waals surface area (Å²) in [7, 11) is 0. The third-order valence-electron chi connectivity index (χ3n) is 1.63. The van der Waals surface area contributed by atoms with Gasteiger partial charge in [-0.1, -0.05) is 29.3 Å². The molecule has 0 aliphatic rings. The molecule has 0 saturated carbocycles. The number of hydrogen-bond acceptors (Lipinski definition) is 1. The standard InChI is InChI=1S/C8H4Cl2F4O/c9-4-1-2-5(6(10)3-4)7(15-14)8(11,12)13/h1-3,7H. The largest absolute Gasteiger partial charge is 0.422 e. The Labute approximate surface area is 92.4 Å². The highest BCUT2D eigenvalue weighted by atomic mass is 35.5. The Morgan fingerprint density at radius 1 is 1.20 bits per heavy atom. The second-order valence-electron chi connectivity index (χ2n) is 2.68. The minimum absolute atomic E-state index is 0.156. The van der Waals surface area contributed by atoms with E-state index in [0.717, 1.165) is 12.1 Å². The first-order valence-corrected chi connectivity index (χ1v) is 4.41. The first kappa shape index (κ1) is 12.5. The first-order chi connectivity index (χ1) is 6.86. The van der Waals surface area contributed by atoms with Crippen LogP contribution in [0.1, 0.15) is 11.7 Å². The second-order valence-corrected chi connectivity index (χ2v) is 3.52. The molecule has 0 aromatic heterocycles. The van der Waals surface area contributed by atoms with Crippen LogP contribution in [0.3, 0.4) is 0 Å². The summed E-state index contributed by atoms with van der Waals surface area (Å²) >= 11 is 11.0. The van der Waals surface area contributed by atoms with E-state index in [0.29, 0.717) is 0 Å². The van der Waals surface area contributed by atoms with Crippen molar-refractivity contribution in [3.05, 3.63) is 33.8 Å². The Kier molecular flexibility index (Phi) is 3.81. The van der Waals surface area contributed by atoms with Gasteiger partial charge in [0.05, 0.1) is 0 Å². The van der Waals surface area contributed by atoms with Gasteiger partial charge in [-0.15, -0.1) is 0 Å². The van der Waals surface area contributed by atoms with Gasteiger partial charge in [-0.3, -0.25) is 0 Å². The van der Waals surface area contributed by atoms with Gasteiger partial charge < -0.3 is 0 Å². The van der Waals surface area contributed by atoms with Crippen molar-refractivity contribution < 1.29 is 22.6 Å². The molecule has 0 saturated heterocycles. The fourth-order valence-corrected chi connectivity index (χ4v) is 1.50. The molecule has 1 unspecified atom stereocenters. The monoisotopic (exact) mass is 262 g/mol. The van der Waals surface area contributed by atoms with Crippen LogP contribution in [0.2, 0.25) is 10.0 Å². The molecular weight excluding hydrogens is 259 g/mol. The lowest BCUT2D eigenvalue weighted by atomic mass is 10.1. The minimum atomic E-state index is -4.87. The van der Waals surface area contributed by atoms with Crippen molar-refractivity contribution in [2.24, 2.45) is 0 Å². The molecule has 15 heavy (non-hydrogen) atoms. The van der Waals surface area contributed by atoms with Crippen molar-refractivity contribution >= 4 is 23.2 Å². The molecule has 0 spiro atoms. The molecule has 1 aromatic carbocycles. The zero-order chi connectivity index (χ0) is 11.6. The molecule has 1 aromatic rings. The predicted octanol–water partition coefficient (Wildman–Crippen LogP) is 4.50. The molecule has 1 nitrogen and oxygen atoms in total. The zero-order valence-corrected chi connectivity index (χ0v) is 8.50. The summed E-state index contributed by atoms with van der Waals surface area (Å²) in [6, 6.07) is 3.21. The average molecular weight is 263 g/mol. The maximum absolute atomic E-state index is 12.2. The molecule has 0 amide bonds. The molecular formula is C8H4Cl2F4O. The Bertz CT molecular complexity index is 353. The first-order valence-electron chi connectivity index (χ1n) is 3.65. The van der Waals surface area contributed by atoms with Gasteiger partial charge in [0.15, 0.2) is 0 Å². The van der Waals surface area contributed by atoms with Crippen LogP contribution in [-0.4, -0.2) is 6.18 Å². The molecule has 0 radical (unpaired) electrons. The van der Waals surface area contributed by atoms with E-state index in [9.17, 15) is 17.7 Å². The predicted molar refractivity (Wildman–Crippen MR) is 47.5 cm³/mol. The number of alkyl halides is 3. The number of benzene rings is 1. The third-order valence-corrected chi connectivity index (χ3v) is 2.19. The lowest BCUT2D eigenvalue weighted by Crippen LogP contribution is -2.21. The van der Waals surface area contributed by atoms with Crippen molar-refractivity contribution in [1.82, 2.24) is 0 Å². The fraction of sp³-hybridized carbons (Fsp3) is 0.250. The summed E-state index contributed by atoms with van der Waals surface area (Å²) in [5.74, 6) is 0. The average Bonchev–Trinajstić information content (AvgIpc) is 2.07. The van der Waals surface area contributed by atoms with Crippen LogP contribution in [0.4, 0.5) is 17.7 Å². The molecule has 1 rings (SSSR count). The summed E-state index contributed by atoms with van der Waals surface area (Å²) < 4.78 is 48.5. The summed E-state index contributed by atoms with van der Waals surface area (Å²) in [6.07, 6.45) is -7.56. The number of halogens is 6. The van der Waals surface area contributed by atoms with Crippen LogP contribution >= 0.6 is 23.2 Å². The van der Waals surface area contributed by atoms with Crippen molar-refractivity contribution in [1.29, 1.82) is 0 Å². The Morgan fingerprint density at radius 3 is 2.20 bits per heavy atom. The third kappa shape index (κ3) is 2.96. The molecule has 1 atom stereocenters. The number of hydrogen-bond donors (Lipinski definition) is 0. The molecule has 0 fully saturated rings. The zero-order valence-electron chi connectivity index (χ0n) is 6.99. The Balaban J connectivity index is 3.13. The Hall–Kier alpha value is -0.520. The highest BCUT2D eigenvalue weighted by Gasteiger charge is 2.44.